The molecule has 3 aromatic rings. The molecule has 0 spiro atoms. The van der Waals surface area contributed by atoms with Crippen LogP contribution in [0.25, 0.3) is 5.69 Å². The van der Waals surface area contributed by atoms with Gasteiger partial charge >= 0.3 is 11.9 Å². The van der Waals surface area contributed by atoms with Crippen LogP contribution in [0.1, 0.15) is 16.8 Å². The third kappa shape index (κ3) is 4.18. The topological polar surface area (TPSA) is 80.7 Å². The van der Waals surface area contributed by atoms with E-state index >= 15 is 0 Å². The quantitative estimate of drug-likeness (QED) is 0.622. The minimum Gasteiger partial charge on any atom is -0.268 e. The number of aromatic nitrogens is 3. The van der Waals surface area contributed by atoms with Gasteiger partial charge in [0.05, 0.1) is 28.5 Å². The monoisotopic (exact) mass is 440 g/mol. The third-order valence-electron chi connectivity index (χ3n) is 3.95. The molecule has 29 heavy (non-hydrogen) atoms. The summed E-state index contributed by atoms with van der Waals surface area (Å²) in [5.74, 6) is 0. The summed E-state index contributed by atoms with van der Waals surface area (Å²) in [7, 11) is 0. The van der Waals surface area contributed by atoms with Crippen LogP contribution in [0.15, 0.2) is 52.3 Å². The van der Waals surface area contributed by atoms with E-state index in [1.54, 1.807) is 6.07 Å². The summed E-state index contributed by atoms with van der Waals surface area (Å²) < 4.78 is 40.0. The van der Waals surface area contributed by atoms with Gasteiger partial charge in [-0.2, -0.15) is 18.4 Å². The molecule has 0 aliphatic heterocycles. The second kappa shape index (κ2) is 7.73. The highest BCUT2D eigenvalue weighted by atomic mass is 35.5. The molecule has 2 aromatic heterocycles. The Labute approximate surface area is 171 Å². The van der Waals surface area contributed by atoms with Crippen LogP contribution in [0, 0.1) is 11.3 Å². The van der Waals surface area contributed by atoms with Gasteiger partial charge < -0.3 is 0 Å². The molecule has 0 N–H and O–H groups in total. The standard InChI is InChI=1S/C18H9Cl2F3N4O2/c19-12-1-3-13(4-2-12)26-8-10(6-24)16(28)27(17(26)29)9-15-14(20)5-11(7-25-15)18(21,22)23/h1-5,7-8H,9H2. The molecule has 0 radical (unpaired) electrons. The molecule has 0 saturated carbocycles. The maximum atomic E-state index is 12.8. The highest BCUT2D eigenvalue weighted by Crippen LogP contribution is 2.31. The van der Waals surface area contributed by atoms with Crippen LogP contribution in [0.2, 0.25) is 10.0 Å². The van der Waals surface area contributed by atoms with Gasteiger partial charge in [0.2, 0.25) is 0 Å². The van der Waals surface area contributed by atoms with Gasteiger partial charge in [-0.1, -0.05) is 23.2 Å². The van der Waals surface area contributed by atoms with Gasteiger partial charge in [0, 0.05) is 17.4 Å². The first-order valence-corrected chi connectivity index (χ1v) is 8.61. The van der Waals surface area contributed by atoms with Crippen molar-refractivity contribution in [1.29, 1.82) is 5.26 Å². The van der Waals surface area contributed by atoms with Gasteiger partial charge in [0.15, 0.2) is 0 Å². The van der Waals surface area contributed by atoms with Crippen molar-refractivity contribution in [3.8, 4) is 11.8 Å². The lowest BCUT2D eigenvalue weighted by molar-refractivity contribution is -0.137. The summed E-state index contributed by atoms with van der Waals surface area (Å²) in [6.07, 6.45) is -3.02. The number of halogens is 5. The lowest BCUT2D eigenvalue weighted by atomic mass is 10.2. The van der Waals surface area contributed by atoms with Gasteiger partial charge in [-0.25, -0.2) is 4.79 Å². The van der Waals surface area contributed by atoms with E-state index in [1.165, 1.54) is 24.3 Å². The Morgan fingerprint density at radius 2 is 1.79 bits per heavy atom. The maximum absolute atomic E-state index is 12.8. The fourth-order valence-corrected chi connectivity index (χ4v) is 2.84. The number of pyridine rings is 1. The molecule has 0 bridgehead atoms. The Hall–Kier alpha value is -3.09. The summed E-state index contributed by atoms with van der Waals surface area (Å²) in [6.45, 7) is -0.516. The molecule has 0 atom stereocenters. The fourth-order valence-electron chi connectivity index (χ4n) is 2.49. The van der Waals surface area contributed by atoms with Crippen molar-refractivity contribution >= 4 is 23.2 Å². The zero-order chi connectivity index (χ0) is 21.3. The summed E-state index contributed by atoms with van der Waals surface area (Å²) in [6, 6.07) is 8.38. The van der Waals surface area contributed by atoms with Gasteiger partial charge in [0.1, 0.15) is 11.6 Å². The number of hydrogen-bond acceptors (Lipinski definition) is 4. The number of rotatable bonds is 3. The van der Waals surface area contributed by atoms with E-state index in [9.17, 15) is 28.0 Å². The average Bonchev–Trinajstić information content (AvgIpc) is 2.66. The molecular formula is C18H9Cl2F3N4O2. The summed E-state index contributed by atoms with van der Waals surface area (Å²) in [5, 5.41) is 9.27. The van der Waals surface area contributed by atoms with Gasteiger partial charge in [-0.05, 0) is 30.3 Å². The Morgan fingerprint density at radius 1 is 1.14 bits per heavy atom. The minimum absolute atomic E-state index is 0.128. The summed E-state index contributed by atoms with van der Waals surface area (Å²) in [5.41, 5.74) is -2.95. The van der Waals surface area contributed by atoms with Crippen LogP contribution >= 0.6 is 23.2 Å². The molecule has 0 amide bonds. The molecule has 0 aliphatic carbocycles. The van der Waals surface area contributed by atoms with E-state index in [0.29, 0.717) is 27.5 Å². The number of hydrogen-bond donors (Lipinski definition) is 0. The lowest BCUT2D eigenvalue weighted by Gasteiger charge is -2.13. The Morgan fingerprint density at radius 3 is 2.34 bits per heavy atom. The molecule has 3 rings (SSSR count). The normalized spacial score (nSPS) is 11.3. The molecule has 2 heterocycles. The molecule has 1 aromatic carbocycles. The molecule has 11 heteroatoms. The molecule has 0 saturated heterocycles. The predicted octanol–water partition coefficient (Wildman–Crippen LogP) is 3.64. The van der Waals surface area contributed by atoms with E-state index in [1.807, 2.05) is 0 Å². The Bertz CT molecular complexity index is 1240. The molecule has 0 fully saturated rings. The van der Waals surface area contributed by atoms with Crippen LogP contribution in [0.3, 0.4) is 0 Å². The summed E-state index contributed by atoms with van der Waals surface area (Å²) in [4.78, 5) is 28.9. The number of benzene rings is 1. The van der Waals surface area contributed by atoms with Crippen molar-refractivity contribution in [2.75, 3.05) is 0 Å². The fraction of sp³-hybridized carbons (Fsp3) is 0.111. The van der Waals surface area contributed by atoms with E-state index in [2.05, 4.69) is 4.98 Å². The number of nitrogens with zero attached hydrogens (tertiary/aromatic N) is 4. The zero-order valence-corrected chi connectivity index (χ0v) is 15.8. The second-order valence-corrected chi connectivity index (χ2v) is 6.67. The first-order valence-electron chi connectivity index (χ1n) is 7.86. The van der Waals surface area contributed by atoms with Crippen LogP contribution in [0.5, 0.6) is 0 Å². The molecule has 6 nitrogen and oxygen atoms in total. The van der Waals surface area contributed by atoms with Crippen molar-refractivity contribution in [3.63, 3.8) is 0 Å². The predicted molar refractivity (Wildman–Crippen MR) is 99.4 cm³/mol. The first kappa shape index (κ1) is 20.6. The van der Waals surface area contributed by atoms with E-state index < -0.39 is 29.5 Å². The van der Waals surface area contributed by atoms with Crippen LogP contribution < -0.4 is 11.2 Å². The van der Waals surface area contributed by atoms with E-state index in [-0.39, 0.29) is 16.3 Å². The number of alkyl halides is 3. The molecule has 0 aliphatic rings. The van der Waals surface area contributed by atoms with Crippen LogP contribution in [-0.4, -0.2) is 14.1 Å². The largest absolute Gasteiger partial charge is 0.417 e. The van der Waals surface area contributed by atoms with E-state index in [0.717, 1.165) is 10.8 Å². The summed E-state index contributed by atoms with van der Waals surface area (Å²) >= 11 is 11.7. The van der Waals surface area contributed by atoms with Crippen LogP contribution in [-0.2, 0) is 12.7 Å². The van der Waals surface area contributed by atoms with Crippen LogP contribution in [0.4, 0.5) is 13.2 Å². The molecular weight excluding hydrogens is 432 g/mol. The van der Waals surface area contributed by atoms with Gasteiger partial charge in [0.25, 0.3) is 5.56 Å². The number of nitriles is 1. The molecule has 148 valence electrons. The van der Waals surface area contributed by atoms with Gasteiger partial charge in [-0.3, -0.25) is 18.9 Å². The highest BCUT2D eigenvalue weighted by Gasteiger charge is 2.31. The minimum atomic E-state index is -4.64. The zero-order valence-electron chi connectivity index (χ0n) is 14.2. The van der Waals surface area contributed by atoms with Crippen molar-refractivity contribution in [3.05, 3.63) is 90.4 Å². The second-order valence-electron chi connectivity index (χ2n) is 5.83. The van der Waals surface area contributed by atoms with Gasteiger partial charge in [-0.15, -0.1) is 0 Å². The highest BCUT2D eigenvalue weighted by molar-refractivity contribution is 6.31. The van der Waals surface area contributed by atoms with Crippen molar-refractivity contribution in [1.82, 2.24) is 14.1 Å². The SMILES string of the molecule is N#Cc1cn(-c2ccc(Cl)cc2)c(=O)n(Cc2ncc(C(F)(F)F)cc2Cl)c1=O. The smallest absolute Gasteiger partial charge is 0.268 e. The van der Waals surface area contributed by atoms with Crippen molar-refractivity contribution < 1.29 is 13.2 Å². The average molecular weight is 441 g/mol. The maximum Gasteiger partial charge on any atom is 0.417 e. The first-order chi connectivity index (χ1) is 13.6. The third-order valence-corrected chi connectivity index (χ3v) is 4.53. The van der Waals surface area contributed by atoms with Crippen molar-refractivity contribution in [2.24, 2.45) is 0 Å². The van der Waals surface area contributed by atoms with Crippen molar-refractivity contribution in [2.45, 2.75) is 12.7 Å². The van der Waals surface area contributed by atoms with E-state index in [4.69, 9.17) is 23.2 Å². The molecule has 0 unspecified atom stereocenters. The lowest BCUT2D eigenvalue weighted by Crippen LogP contribution is -2.40. The Balaban J connectivity index is 2.14. The Kier molecular flexibility index (Phi) is 5.50.